The molecule has 0 amide bonds. The number of ether oxygens (including phenoxy) is 2. The summed E-state index contributed by atoms with van der Waals surface area (Å²) >= 11 is -2.45. The van der Waals surface area contributed by atoms with Gasteiger partial charge in [0.25, 0.3) is 0 Å². The lowest BCUT2D eigenvalue weighted by Gasteiger charge is -2.70. The van der Waals surface area contributed by atoms with Gasteiger partial charge in [0.05, 0.1) is 11.8 Å². The van der Waals surface area contributed by atoms with Crippen LogP contribution in [0.25, 0.3) is 0 Å². The molecule has 0 aliphatic heterocycles. The number of carbonyl (C=O) groups is 4. The number of carboxylic acid groups (broad SMARTS) is 1. The number of rotatable bonds is 8. The Hall–Kier alpha value is -3.06. The highest BCUT2D eigenvalue weighted by molar-refractivity contribution is 7.79. The van der Waals surface area contributed by atoms with E-state index in [4.69, 9.17) is 18.3 Å². The molecule has 4 saturated carbocycles. The fourth-order valence-electron chi connectivity index (χ4n) is 11.7. The minimum atomic E-state index is -2.45. The second-order valence-corrected chi connectivity index (χ2v) is 18.6. The first-order valence-electron chi connectivity index (χ1n) is 18.2. The summed E-state index contributed by atoms with van der Waals surface area (Å²) < 4.78 is 44.1. The zero-order chi connectivity index (χ0) is 37.5. The van der Waals surface area contributed by atoms with Gasteiger partial charge in [-0.15, -0.1) is 0 Å². The van der Waals surface area contributed by atoms with Crippen LogP contribution in [0.1, 0.15) is 117 Å². The van der Waals surface area contributed by atoms with Gasteiger partial charge in [-0.05, 0) is 118 Å². The number of hydrogen-bond acceptors (Lipinski definition) is 11. The monoisotopic (exact) mass is 731 g/mol. The molecule has 1 N–H and O–H groups in total. The molecule has 13 heteroatoms. The first-order valence-corrected chi connectivity index (χ1v) is 19.4. The van der Waals surface area contributed by atoms with Gasteiger partial charge in [-0.2, -0.15) is 0 Å². The molecule has 5 aliphatic carbocycles. The fraction of sp³-hybridized carbons (Fsp3) is 0.763. The van der Waals surface area contributed by atoms with Gasteiger partial charge in [0, 0.05) is 11.7 Å². The highest BCUT2D eigenvalue weighted by Gasteiger charge is 2.72. The van der Waals surface area contributed by atoms with E-state index in [1.54, 1.807) is 6.92 Å². The number of carboxylic acids is 1. The van der Waals surface area contributed by atoms with Crippen LogP contribution in [-0.4, -0.2) is 49.4 Å². The van der Waals surface area contributed by atoms with Gasteiger partial charge in [-0.3, -0.25) is 23.4 Å². The average Bonchev–Trinajstić information content (AvgIpc) is 3.38. The predicted molar refractivity (Wildman–Crippen MR) is 181 cm³/mol. The second kappa shape index (κ2) is 12.5. The number of hydrogen-bond donors (Lipinski definition) is 1. The molecule has 0 radical (unpaired) electrons. The van der Waals surface area contributed by atoms with Crippen LogP contribution in [0.2, 0.25) is 0 Å². The number of ketones is 1. The molecule has 0 spiro atoms. The maximum Gasteiger partial charge on any atom is 0.519 e. The third-order valence-corrected chi connectivity index (χ3v) is 15.6. The van der Waals surface area contributed by atoms with Gasteiger partial charge >= 0.3 is 23.7 Å². The van der Waals surface area contributed by atoms with Crippen LogP contribution in [-0.2, 0) is 46.3 Å². The summed E-state index contributed by atoms with van der Waals surface area (Å²) in [5.41, 5.74) is -2.92. The van der Waals surface area contributed by atoms with Gasteiger partial charge in [0.15, 0.2) is 23.9 Å². The molecular formula is C38H51O12S-. The summed E-state index contributed by atoms with van der Waals surface area (Å²) in [4.78, 5) is 66.3. The third-order valence-electron chi connectivity index (χ3n) is 15.1. The number of allylic oxidation sites excluding steroid dienone is 2. The van der Waals surface area contributed by atoms with Crippen LogP contribution < -0.4 is 5.82 Å². The topological polar surface area (TPSA) is 190 Å². The van der Waals surface area contributed by atoms with E-state index in [0.717, 1.165) is 24.8 Å². The molecule has 12 nitrogen and oxygen atoms in total. The summed E-state index contributed by atoms with van der Waals surface area (Å²) in [5.74, 6) is -4.33. The van der Waals surface area contributed by atoms with Crippen LogP contribution in [0.15, 0.2) is 25.3 Å². The number of fused-ring (bicyclic) bond motifs is 7. The zero-order valence-electron chi connectivity index (χ0n) is 30.7. The van der Waals surface area contributed by atoms with Gasteiger partial charge in [0.1, 0.15) is 11.5 Å². The Kier molecular flexibility index (Phi) is 9.26. The average molecular weight is 732 g/mol. The molecule has 282 valence electrons. The highest BCUT2D eigenvalue weighted by Crippen LogP contribution is 2.75. The van der Waals surface area contributed by atoms with Crippen LogP contribution in [0.5, 0.6) is 0 Å². The molecule has 0 bridgehead atoms. The Bertz CT molecular complexity index is 1760. The van der Waals surface area contributed by atoms with Crippen molar-refractivity contribution in [1.29, 1.82) is 0 Å². The normalized spacial score (nSPS) is 42.3. The van der Waals surface area contributed by atoms with Crippen LogP contribution in [0.4, 0.5) is 0 Å². The molecule has 1 aromatic heterocycles. The molecule has 6 rings (SSSR count). The molecule has 51 heavy (non-hydrogen) atoms. The third kappa shape index (κ3) is 5.70. The highest BCUT2D eigenvalue weighted by atomic mass is 32.2. The number of carbonyl (C=O) groups excluding carboxylic acids is 3. The van der Waals surface area contributed by atoms with Crippen molar-refractivity contribution in [3.8, 4) is 0 Å². The second-order valence-electron chi connectivity index (χ2n) is 17.6. The molecule has 1 unspecified atom stereocenters. The van der Waals surface area contributed by atoms with E-state index in [0.29, 0.717) is 32.1 Å². The number of aliphatic carboxylic acids is 1. The van der Waals surface area contributed by atoms with Gasteiger partial charge in [0.2, 0.25) is 0 Å². The van der Waals surface area contributed by atoms with Crippen molar-refractivity contribution in [2.45, 2.75) is 125 Å². The first kappa shape index (κ1) is 37.7. The van der Waals surface area contributed by atoms with E-state index < -0.39 is 80.2 Å². The standard InChI is InChI=1S/C38H52O12S/c1-21-25(49-32(44)48-21)20-47-31(43)38(7)26-8-12-37(6)29(35(26,4)11-9-27(38)50-28(40)10-17-51(45)46)24(39)18-22-23-19-34(3,30(41)42)14-13-33(23,2)15-16-36(22,37)5/h18,23,26-27,29H,8-17,19-20H2,1-7H3,(H,41,42)(H,45,46)/p-1/t23-,26+,27-,29+,33+,34-,35-,36+,37+,38-/m0/s1. The lowest BCUT2D eigenvalue weighted by atomic mass is 9.33. The van der Waals surface area contributed by atoms with Crippen molar-refractivity contribution >= 4 is 34.8 Å². The zero-order valence-corrected chi connectivity index (χ0v) is 31.5. The maximum atomic E-state index is 14.8. The summed E-state index contributed by atoms with van der Waals surface area (Å²) in [5, 5.41) is 10.2. The fourth-order valence-corrected chi connectivity index (χ4v) is 12.0. The van der Waals surface area contributed by atoms with Crippen molar-refractivity contribution in [1.82, 2.24) is 0 Å². The van der Waals surface area contributed by atoms with Crippen molar-refractivity contribution in [3.63, 3.8) is 0 Å². The summed E-state index contributed by atoms with van der Waals surface area (Å²) in [6.07, 6.45) is 6.04. The van der Waals surface area contributed by atoms with Gasteiger partial charge in [-0.25, -0.2) is 4.79 Å². The van der Waals surface area contributed by atoms with Crippen LogP contribution in [0.3, 0.4) is 0 Å². The summed E-state index contributed by atoms with van der Waals surface area (Å²) in [7, 11) is 0. The maximum absolute atomic E-state index is 14.8. The lowest BCUT2D eigenvalue weighted by Crippen LogP contribution is -2.68. The summed E-state index contributed by atoms with van der Waals surface area (Å²) in [6, 6.07) is 0. The number of aryl methyl sites for hydroxylation is 1. The first-order chi connectivity index (χ1) is 23.6. The van der Waals surface area contributed by atoms with E-state index in [-0.39, 0.29) is 53.5 Å². The van der Waals surface area contributed by atoms with Crippen LogP contribution in [0, 0.1) is 57.2 Å². The van der Waals surface area contributed by atoms with Crippen molar-refractivity contribution in [3.05, 3.63) is 33.8 Å². The lowest BCUT2D eigenvalue weighted by molar-refractivity contribution is -0.224. The molecule has 11 atom stereocenters. The quantitative estimate of drug-likeness (QED) is 0.250. The predicted octanol–water partition coefficient (Wildman–Crippen LogP) is 5.81. The molecule has 0 saturated heterocycles. The van der Waals surface area contributed by atoms with E-state index in [1.807, 2.05) is 13.0 Å². The Labute approximate surface area is 300 Å². The number of esters is 2. The molecule has 4 fully saturated rings. The molecule has 1 heterocycles. The van der Waals surface area contributed by atoms with Crippen molar-refractivity contribution in [2.24, 2.45) is 50.2 Å². The Morgan fingerprint density at radius 3 is 2.29 bits per heavy atom. The van der Waals surface area contributed by atoms with Crippen molar-refractivity contribution in [2.75, 3.05) is 5.75 Å². The molecule has 0 aromatic carbocycles. The van der Waals surface area contributed by atoms with E-state index in [9.17, 15) is 37.8 Å². The summed E-state index contributed by atoms with van der Waals surface area (Å²) in [6.45, 7) is 13.5. The molecular weight excluding hydrogens is 680 g/mol. The van der Waals surface area contributed by atoms with E-state index in [2.05, 4.69) is 27.7 Å². The Morgan fingerprint density at radius 1 is 0.980 bits per heavy atom. The minimum Gasteiger partial charge on any atom is -0.772 e. The molecule has 1 aromatic rings. The van der Waals surface area contributed by atoms with E-state index in [1.165, 1.54) is 6.92 Å². The SMILES string of the molecule is Cc1oc(=O)oc1COC(=O)[C@]1(C)[C@@H](OC(=O)CCS(=O)[O-])CC[C@@]2(C)[C@H]1CC[C@]1(C)[C@@H]2C(=O)C=C2[C@@H]3C[C@@](C)(C(=O)O)CC[C@]3(C)CC[C@]21C. The smallest absolute Gasteiger partial charge is 0.519 e. The largest absolute Gasteiger partial charge is 0.772 e. The Morgan fingerprint density at radius 2 is 1.67 bits per heavy atom. The van der Waals surface area contributed by atoms with Gasteiger partial charge in [-0.1, -0.05) is 44.3 Å². The minimum absolute atomic E-state index is 0.0103. The van der Waals surface area contributed by atoms with Gasteiger partial charge < -0.3 is 28.0 Å². The van der Waals surface area contributed by atoms with Crippen LogP contribution >= 0.6 is 0 Å². The Balaban J connectivity index is 1.38. The van der Waals surface area contributed by atoms with E-state index >= 15 is 0 Å². The van der Waals surface area contributed by atoms with Crippen molar-refractivity contribution < 1.29 is 51.4 Å². The molecule has 5 aliphatic rings.